The Morgan fingerprint density at radius 3 is 1.39 bits per heavy atom. The Hall–Kier alpha value is -0.530. The summed E-state index contributed by atoms with van der Waals surface area (Å²) in [6.45, 7) is 6.80. The molecule has 0 aromatic heterocycles. The summed E-state index contributed by atoms with van der Waals surface area (Å²) in [6.07, 6.45) is 24.4. The van der Waals surface area contributed by atoms with Gasteiger partial charge in [-0.05, 0) is 43.4 Å². The number of rotatable bonds is 17. The van der Waals surface area contributed by atoms with Gasteiger partial charge in [0.2, 0.25) is 0 Å². The molecule has 0 unspecified atom stereocenters. The van der Waals surface area contributed by atoms with E-state index in [0.717, 1.165) is 0 Å². The fourth-order valence-corrected chi connectivity index (χ4v) is 3.95. The lowest BCUT2D eigenvalue weighted by Crippen LogP contribution is -3.00. The van der Waals surface area contributed by atoms with E-state index in [1.807, 2.05) is 0 Å². The van der Waals surface area contributed by atoms with E-state index >= 15 is 0 Å². The zero-order valence-electron chi connectivity index (χ0n) is 19.6. The fraction of sp³-hybridized carbons (Fsp3) is 0.769. The van der Waals surface area contributed by atoms with Gasteiger partial charge in [0.05, 0.1) is 0 Å². The Bertz CT molecular complexity index is 444. The molecule has 0 aliphatic rings. The van der Waals surface area contributed by atoms with Gasteiger partial charge in [-0.15, -0.1) is 0 Å². The van der Waals surface area contributed by atoms with Crippen molar-refractivity contribution in [3.05, 3.63) is 34.9 Å². The zero-order valence-corrected chi connectivity index (χ0v) is 20.4. The molecule has 0 radical (unpaired) electrons. The minimum Gasteiger partial charge on any atom is -1.00 e. The van der Waals surface area contributed by atoms with Crippen molar-refractivity contribution in [1.29, 1.82) is 0 Å². The topological polar surface area (TPSA) is 36.5 Å². The average Bonchev–Trinajstić information content (AvgIpc) is 2.64. The van der Waals surface area contributed by atoms with Crippen LogP contribution in [0, 0.1) is 13.8 Å². The molecule has 0 fully saturated rings. The third kappa shape index (κ3) is 15.4. The predicted octanol–water partition coefficient (Wildman–Crippen LogP) is 6.49. The highest BCUT2D eigenvalue weighted by Crippen LogP contribution is 2.17. The smallest absolute Gasteiger partial charge is 0.0276 e. The number of quaternary nitrogens is 1. The van der Waals surface area contributed by atoms with Gasteiger partial charge in [-0.25, -0.2) is 0 Å². The molecular formula is C26H50ClN. The van der Waals surface area contributed by atoms with E-state index in [0.29, 0.717) is 0 Å². The van der Waals surface area contributed by atoms with Crippen molar-refractivity contribution >= 4 is 0 Å². The maximum absolute atomic E-state index is 2.31. The fourth-order valence-electron chi connectivity index (χ4n) is 3.95. The van der Waals surface area contributed by atoms with Crippen LogP contribution in [0.15, 0.2) is 18.2 Å². The van der Waals surface area contributed by atoms with Crippen molar-refractivity contribution in [2.24, 2.45) is 0 Å². The summed E-state index contributed by atoms with van der Waals surface area (Å²) in [5.41, 5.74) is 4.52. The van der Waals surface area contributed by atoms with Crippen molar-refractivity contribution in [3.8, 4) is 0 Å². The Balaban J connectivity index is 0. The van der Waals surface area contributed by atoms with Crippen LogP contribution >= 0.6 is 0 Å². The first kappa shape index (κ1) is 29.7. The Kier molecular flexibility index (Phi) is 22.4. The minimum atomic E-state index is 0. The van der Waals surface area contributed by atoms with E-state index in [-0.39, 0.29) is 18.6 Å². The van der Waals surface area contributed by atoms with E-state index in [4.69, 9.17) is 0 Å². The molecule has 0 aliphatic carbocycles. The summed E-state index contributed by atoms with van der Waals surface area (Å²) in [5, 5.41) is 0. The lowest BCUT2D eigenvalue weighted by Gasteiger charge is -2.08. The zero-order chi connectivity index (χ0) is 18.9. The normalized spacial score (nSPS) is 10.4. The molecule has 0 amide bonds. The molecule has 2 heteroatoms. The van der Waals surface area contributed by atoms with E-state index < -0.39 is 0 Å². The molecule has 0 heterocycles. The molecule has 28 heavy (non-hydrogen) atoms. The van der Waals surface area contributed by atoms with Crippen LogP contribution in [0.3, 0.4) is 0 Å². The first-order chi connectivity index (χ1) is 12.8. The molecule has 1 aromatic carbocycles. The third-order valence-electron chi connectivity index (χ3n) is 6.02. The summed E-state index contributed by atoms with van der Waals surface area (Å²) >= 11 is 0. The first-order valence-corrected chi connectivity index (χ1v) is 11.8. The molecule has 0 bridgehead atoms. The minimum absolute atomic E-state index is 0. The molecule has 166 valence electrons. The molecule has 1 nitrogen and oxygen atoms in total. The van der Waals surface area contributed by atoms with Crippen LogP contribution in [0.2, 0.25) is 0 Å². The van der Waals surface area contributed by atoms with Gasteiger partial charge in [-0.1, -0.05) is 121 Å². The molecule has 0 saturated heterocycles. The molecule has 4 N–H and O–H groups in total. The molecule has 0 aliphatic heterocycles. The number of benzene rings is 1. The van der Waals surface area contributed by atoms with Gasteiger partial charge < -0.3 is 18.6 Å². The largest absolute Gasteiger partial charge is 1.00 e. The number of hydrogen-bond acceptors (Lipinski definition) is 0. The monoisotopic (exact) mass is 411 g/mol. The number of aryl methyl sites for hydroxylation is 2. The first-order valence-electron chi connectivity index (χ1n) is 11.8. The second-order valence-electron chi connectivity index (χ2n) is 8.41. The van der Waals surface area contributed by atoms with Crippen LogP contribution < -0.4 is 18.6 Å². The van der Waals surface area contributed by atoms with E-state index in [2.05, 4.69) is 39.0 Å². The van der Waals surface area contributed by atoms with Gasteiger partial charge >= 0.3 is 0 Å². The van der Waals surface area contributed by atoms with Crippen molar-refractivity contribution in [3.63, 3.8) is 0 Å². The van der Waals surface area contributed by atoms with Gasteiger partial charge in [0, 0.05) is 0 Å². The van der Waals surface area contributed by atoms with Crippen LogP contribution in [0.25, 0.3) is 0 Å². The maximum atomic E-state index is 2.31. The highest BCUT2D eigenvalue weighted by Gasteiger charge is 2.00. The van der Waals surface area contributed by atoms with Crippen molar-refractivity contribution in [2.45, 2.75) is 130 Å². The van der Waals surface area contributed by atoms with Crippen LogP contribution in [-0.4, -0.2) is 0 Å². The molecule has 1 rings (SSSR count). The van der Waals surface area contributed by atoms with Gasteiger partial charge in [0.25, 0.3) is 0 Å². The van der Waals surface area contributed by atoms with Crippen molar-refractivity contribution in [1.82, 2.24) is 6.15 Å². The van der Waals surface area contributed by atoms with Gasteiger partial charge in [-0.3, -0.25) is 0 Å². The summed E-state index contributed by atoms with van der Waals surface area (Å²) in [4.78, 5) is 0. The highest BCUT2D eigenvalue weighted by molar-refractivity contribution is 5.33. The van der Waals surface area contributed by atoms with E-state index in [1.165, 1.54) is 120 Å². The summed E-state index contributed by atoms with van der Waals surface area (Å²) < 4.78 is 0. The third-order valence-corrected chi connectivity index (χ3v) is 6.02. The second-order valence-corrected chi connectivity index (χ2v) is 8.41. The molecule has 1 aromatic rings. The van der Waals surface area contributed by atoms with Gasteiger partial charge in [0.1, 0.15) is 0 Å². The lowest BCUT2D eigenvalue weighted by atomic mass is 9.98. The van der Waals surface area contributed by atoms with Crippen LogP contribution in [0.1, 0.15) is 126 Å². The van der Waals surface area contributed by atoms with Crippen molar-refractivity contribution < 1.29 is 12.4 Å². The molecular weight excluding hydrogens is 362 g/mol. The highest BCUT2D eigenvalue weighted by atomic mass is 35.5. The van der Waals surface area contributed by atoms with E-state index in [1.54, 1.807) is 5.56 Å². The number of unbranched alkanes of at least 4 members (excludes halogenated alkanes) is 15. The number of halogens is 1. The molecule has 0 atom stereocenters. The van der Waals surface area contributed by atoms with Crippen molar-refractivity contribution in [2.75, 3.05) is 0 Å². The second kappa shape index (κ2) is 21.2. The predicted molar refractivity (Wildman–Crippen MR) is 125 cm³/mol. The van der Waals surface area contributed by atoms with Gasteiger partial charge in [0.15, 0.2) is 0 Å². The quantitative estimate of drug-likeness (QED) is 0.284. The standard InChI is InChI=1S/C26H46.ClH.H3N/c1-4-5-6-7-8-9-10-11-12-13-14-15-16-17-18-19-22-26-23-20-21-24(2)25(26)3;;/h20-21,23H,4-19,22H2,1-3H3;1H;1H3. The lowest BCUT2D eigenvalue weighted by molar-refractivity contribution is -0.00000625. The Morgan fingerprint density at radius 2 is 0.964 bits per heavy atom. The van der Waals surface area contributed by atoms with E-state index in [9.17, 15) is 0 Å². The molecule has 0 spiro atoms. The Labute approximate surface area is 183 Å². The number of hydrogen-bond donors (Lipinski definition) is 1. The molecule has 0 saturated carbocycles. The van der Waals surface area contributed by atoms with Crippen LogP contribution in [0.4, 0.5) is 0 Å². The Morgan fingerprint density at radius 1 is 0.571 bits per heavy atom. The average molecular weight is 412 g/mol. The summed E-state index contributed by atoms with van der Waals surface area (Å²) in [7, 11) is 0. The van der Waals surface area contributed by atoms with Gasteiger partial charge in [-0.2, -0.15) is 0 Å². The SMILES string of the molecule is CCCCCCCCCCCCCCCCCCc1cccc(C)c1C.[Cl-].[NH4+]. The summed E-state index contributed by atoms with van der Waals surface area (Å²) in [6, 6.07) is 6.75. The maximum Gasteiger partial charge on any atom is -0.0276 e. The summed E-state index contributed by atoms with van der Waals surface area (Å²) in [5.74, 6) is 0. The van der Waals surface area contributed by atoms with Crippen LogP contribution in [-0.2, 0) is 6.42 Å². The van der Waals surface area contributed by atoms with Crippen LogP contribution in [0.5, 0.6) is 0 Å².